The van der Waals surface area contributed by atoms with Crippen LogP contribution in [0.3, 0.4) is 0 Å². The van der Waals surface area contributed by atoms with Crippen LogP contribution < -0.4 is 4.74 Å². The van der Waals surface area contributed by atoms with Gasteiger partial charge in [-0.1, -0.05) is 54.6 Å². The molecule has 5 heteroatoms. The third-order valence-corrected chi connectivity index (χ3v) is 7.88. The Hall–Kier alpha value is -3.96. The highest BCUT2D eigenvalue weighted by molar-refractivity contribution is 6.16. The van der Waals surface area contributed by atoms with Gasteiger partial charge in [0, 0.05) is 47.4 Å². The van der Waals surface area contributed by atoms with Crippen molar-refractivity contribution in [2.75, 3.05) is 13.2 Å². The number of aromatic nitrogens is 1. The molecule has 37 heavy (non-hydrogen) atoms. The Balaban J connectivity index is 1.35. The van der Waals surface area contributed by atoms with E-state index in [0.717, 1.165) is 33.6 Å². The van der Waals surface area contributed by atoms with E-state index < -0.39 is 12.0 Å². The van der Waals surface area contributed by atoms with Gasteiger partial charge >= 0.3 is 0 Å². The van der Waals surface area contributed by atoms with E-state index in [-0.39, 0.29) is 11.2 Å². The van der Waals surface area contributed by atoms with Crippen molar-refractivity contribution in [2.24, 2.45) is 7.05 Å². The molecule has 0 spiro atoms. The van der Waals surface area contributed by atoms with Crippen molar-refractivity contribution in [3.63, 3.8) is 0 Å². The van der Waals surface area contributed by atoms with Crippen LogP contribution in [0, 0.1) is 0 Å². The molecule has 0 bridgehead atoms. The van der Waals surface area contributed by atoms with E-state index >= 15 is 0 Å². The predicted octanol–water partition coefficient (Wildman–Crippen LogP) is 5.29. The molecule has 186 valence electrons. The molecular formula is C32H31N2O3+. The quantitative estimate of drug-likeness (QED) is 0.295. The maximum atomic E-state index is 13.5. The van der Waals surface area contributed by atoms with Crippen LogP contribution in [-0.4, -0.2) is 45.0 Å². The topological polar surface area (TPSA) is 54.5 Å². The van der Waals surface area contributed by atoms with Gasteiger partial charge in [-0.2, -0.15) is 4.58 Å². The average molecular weight is 492 g/mol. The second-order valence-electron chi connectivity index (χ2n) is 10.4. The number of nitrogens with zero attached hydrogens (tertiary/aromatic N) is 2. The maximum absolute atomic E-state index is 13.5. The van der Waals surface area contributed by atoms with Gasteiger partial charge in [0.05, 0.1) is 17.4 Å². The molecule has 0 radical (unpaired) electrons. The zero-order chi connectivity index (χ0) is 25.7. The number of carbonyl (C=O) groups is 1. The predicted molar refractivity (Wildman–Crippen MR) is 146 cm³/mol. The Morgan fingerprint density at radius 2 is 1.70 bits per heavy atom. The van der Waals surface area contributed by atoms with Gasteiger partial charge in [-0.25, -0.2) is 0 Å². The Bertz CT molecular complexity index is 1580. The summed E-state index contributed by atoms with van der Waals surface area (Å²) in [5.41, 5.74) is 5.42. The summed E-state index contributed by atoms with van der Waals surface area (Å²) in [4.78, 5) is 13.5. The molecule has 1 N–H and O–H groups in total. The van der Waals surface area contributed by atoms with E-state index in [9.17, 15) is 9.90 Å². The van der Waals surface area contributed by atoms with Crippen LogP contribution in [0.1, 0.15) is 30.9 Å². The molecule has 1 fully saturated rings. The number of aryl methyl sites for hydroxylation is 1. The molecule has 6 rings (SSSR count). The van der Waals surface area contributed by atoms with Gasteiger partial charge < -0.3 is 14.4 Å². The molecule has 2 heterocycles. The van der Waals surface area contributed by atoms with E-state index in [1.807, 2.05) is 84.6 Å². The molecule has 2 aliphatic rings. The third kappa shape index (κ3) is 3.73. The highest BCUT2D eigenvalue weighted by Gasteiger charge is 2.50. The number of benzene rings is 3. The summed E-state index contributed by atoms with van der Waals surface area (Å²) in [6.07, 6.45) is 3.06. The lowest BCUT2D eigenvalue weighted by molar-refractivity contribution is -0.439. The lowest BCUT2D eigenvalue weighted by Crippen LogP contribution is -2.44. The van der Waals surface area contributed by atoms with Gasteiger partial charge in [0.1, 0.15) is 12.4 Å². The molecule has 3 aromatic carbocycles. The summed E-state index contributed by atoms with van der Waals surface area (Å²) in [5, 5.41) is 12.3. The van der Waals surface area contributed by atoms with Crippen LogP contribution in [0.15, 0.2) is 96.7 Å². The van der Waals surface area contributed by atoms with E-state index in [1.54, 1.807) is 0 Å². The van der Waals surface area contributed by atoms with Crippen molar-refractivity contribution < 1.29 is 19.2 Å². The largest absolute Gasteiger partial charge is 0.487 e. The molecule has 2 atom stereocenters. The van der Waals surface area contributed by atoms with E-state index in [1.165, 1.54) is 5.56 Å². The van der Waals surface area contributed by atoms with Crippen molar-refractivity contribution in [3.05, 3.63) is 108 Å². The van der Waals surface area contributed by atoms with Gasteiger partial charge in [-0.15, -0.1) is 0 Å². The third-order valence-electron chi connectivity index (χ3n) is 7.88. The lowest BCUT2D eigenvalue weighted by Gasteiger charge is -2.34. The summed E-state index contributed by atoms with van der Waals surface area (Å²) in [7, 11) is 1.97. The number of aliphatic hydroxyl groups excluding tert-OH is 1. The number of para-hydroxylation sites is 3. The minimum atomic E-state index is -0.840. The molecule has 1 aliphatic carbocycles. The van der Waals surface area contributed by atoms with Crippen molar-refractivity contribution in [2.45, 2.75) is 31.3 Å². The molecule has 1 aliphatic heterocycles. The average Bonchev–Trinajstić information content (AvgIpc) is 3.34. The highest BCUT2D eigenvalue weighted by atomic mass is 16.5. The van der Waals surface area contributed by atoms with Crippen LogP contribution in [-0.2, 0) is 17.3 Å². The summed E-state index contributed by atoms with van der Waals surface area (Å²) in [6.45, 7) is 5.48. The fraction of sp³-hybridized carbons (Fsp3) is 0.250. The zero-order valence-corrected chi connectivity index (χ0v) is 21.4. The van der Waals surface area contributed by atoms with E-state index in [2.05, 4.69) is 36.6 Å². The second kappa shape index (κ2) is 8.86. The molecule has 5 nitrogen and oxygen atoms in total. The molecular weight excluding hydrogens is 460 g/mol. The number of rotatable bonds is 6. The maximum Gasteiger partial charge on any atom is 0.209 e. The molecule has 2 unspecified atom stereocenters. The standard InChI is InChI=1S/C32H31N2O3/c1-32(2)25-14-8-10-16-27(25)34(17-18-37-21-11-5-4-6-12-21)28(32)19-23-30(35)29(31(23)36)24-20-33(3)26-15-9-7-13-22(24)26/h4-16,19-20,29-30,35H,17-18H2,1-3H3/q+1. The summed E-state index contributed by atoms with van der Waals surface area (Å²) in [5.74, 6) is 0.278. The van der Waals surface area contributed by atoms with Crippen molar-refractivity contribution in [3.8, 4) is 5.75 Å². The Labute approximate surface area is 216 Å². The summed E-state index contributed by atoms with van der Waals surface area (Å²) >= 11 is 0. The van der Waals surface area contributed by atoms with Crippen LogP contribution in [0.4, 0.5) is 5.69 Å². The number of allylic oxidation sites excluding steroid dienone is 1. The SMILES string of the molecule is Cn1cc(C2C(=O)C(=CC3=[N+](CCOc4ccccc4)c4ccccc4C3(C)C)C2O)c2ccccc21. The molecule has 4 aromatic rings. The van der Waals surface area contributed by atoms with Gasteiger partial charge in [0.15, 0.2) is 18.0 Å². The Morgan fingerprint density at radius 1 is 1.00 bits per heavy atom. The Morgan fingerprint density at radius 3 is 2.49 bits per heavy atom. The van der Waals surface area contributed by atoms with Crippen LogP contribution in [0.2, 0.25) is 0 Å². The number of ketones is 1. The number of ether oxygens (including phenoxy) is 1. The van der Waals surface area contributed by atoms with Crippen molar-refractivity contribution in [1.82, 2.24) is 4.57 Å². The first-order chi connectivity index (χ1) is 17.9. The van der Waals surface area contributed by atoms with Gasteiger partial charge in [-0.05, 0) is 37.6 Å². The number of hydrogen-bond acceptors (Lipinski definition) is 3. The number of Topliss-reactive ketones (excluding diaryl/α,β-unsaturated/α-hetero) is 1. The number of carbonyl (C=O) groups excluding carboxylic acids is 1. The van der Waals surface area contributed by atoms with E-state index in [4.69, 9.17) is 4.74 Å². The van der Waals surface area contributed by atoms with E-state index in [0.29, 0.717) is 18.7 Å². The Kier molecular flexibility index (Phi) is 5.61. The van der Waals surface area contributed by atoms with Crippen LogP contribution in [0.25, 0.3) is 10.9 Å². The number of hydrogen-bond donors (Lipinski definition) is 1. The van der Waals surface area contributed by atoms with Gasteiger partial charge in [-0.3, -0.25) is 4.79 Å². The highest BCUT2D eigenvalue weighted by Crippen LogP contribution is 2.44. The minimum Gasteiger partial charge on any atom is -0.487 e. The fourth-order valence-electron chi connectivity index (χ4n) is 5.90. The molecule has 0 saturated heterocycles. The van der Waals surface area contributed by atoms with Gasteiger partial charge in [0.2, 0.25) is 5.69 Å². The smallest absolute Gasteiger partial charge is 0.209 e. The molecule has 1 aromatic heterocycles. The van der Waals surface area contributed by atoms with Crippen molar-refractivity contribution in [1.29, 1.82) is 0 Å². The minimum absolute atomic E-state index is 0.0106. The van der Waals surface area contributed by atoms with Crippen LogP contribution in [0.5, 0.6) is 5.75 Å². The monoisotopic (exact) mass is 491 g/mol. The molecule has 1 saturated carbocycles. The zero-order valence-electron chi connectivity index (χ0n) is 21.4. The first-order valence-corrected chi connectivity index (χ1v) is 12.8. The summed E-state index contributed by atoms with van der Waals surface area (Å²) in [6, 6.07) is 26.2. The fourth-order valence-corrected chi connectivity index (χ4v) is 5.90. The van der Waals surface area contributed by atoms with Gasteiger partial charge in [0.25, 0.3) is 0 Å². The molecule has 0 amide bonds. The van der Waals surface area contributed by atoms with Crippen LogP contribution >= 0.6 is 0 Å². The second-order valence-corrected chi connectivity index (χ2v) is 10.4. The van der Waals surface area contributed by atoms with Crippen molar-refractivity contribution >= 4 is 28.1 Å². The normalized spacial score (nSPS) is 21.4. The summed E-state index contributed by atoms with van der Waals surface area (Å²) < 4.78 is 10.3. The first-order valence-electron chi connectivity index (χ1n) is 12.8. The first kappa shape index (κ1) is 23.4. The number of fused-ring (bicyclic) bond motifs is 2. The number of aliphatic hydroxyl groups is 1. The lowest BCUT2D eigenvalue weighted by atomic mass is 9.69.